The minimum atomic E-state index is -0.828. The van der Waals surface area contributed by atoms with Gasteiger partial charge in [0.1, 0.15) is 6.04 Å². The minimum absolute atomic E-state index is 0.398. The van der Waals surface area contributed by atoms with Gasteiger partial charge in [-0.2, -0.15) is 0 Å². The summed E-state index contributed by atoms with van der Waals surface area (Å²) in [5.41, 5.74) is 0.406. The van der Waals surface area contributed by atoms with Crippen molar-refractivity contribution in [2.24, 2.45) is 0 Å². The molecule has 1 fully saturated rings. The Hall–Kier alpha value is -1.93. The molecule has 0 saturated carbocycles. The summed E-state index contributed by atoms with van der Waals surface area (Å²) in [6.45, 7) is 1.09. The molecule has 0 amide bonds. The lowest BCUT2D eigenvalue weighted by Crippen LogP contribution is -2.44. The topological polar surface area (TPSA) is 106 Å². The lowest BCUT2D eigenvalue weighted by atomic mass is 10.0. The molecular weight excluding hydrogens is 366 g/mol. The third-order valence-electron chi connectivity index (χ3n) is 4.15. The van der Waals surface area contributed by atoms with Crippen LogP contribution in [0.1, 0.15) is 24.8 Å². The van der Waals surface area contributed by atoms with E-state index in [0.717, 1.165) is 22.9 Å². The van der Waals surface area contributed by atoms with Crippen LogP contribution < -0.4 is 11.1 Å². The maximum Gasteiger partial charge on any atom is 0.320 e. The summed E-state index contributed by atoms with van der Waals surface area (Å²) in [6, 6.07) is 3.03. The molecular formula is C15H16BrN3O4. The van der Waals surface area contributed by atoms with E-state index in [4.69, 9.17) is 0 Å². The van der Waals surface area contributed by atoms with Crippen LogP contribution in [-0.2, 0) is 11.3 Å². The van der Waals surface area contributed by atoms with Gasteiger partial charge in [0.05, 0.1) is 11.0 Å². The number of nitrogens with one attached hydrogen (secondary N) is 2. The molecule has 7 nitrogen and oxygen atoms in total. The second-order valence-corrected chi connectivity index (χ2v) is 6.63. The maximum atomic E-state index is 11.6. The van der Waals surface area contributed by atoms with E-state index in [1.165, 1.54) is 0 Å². The number of hydrogen-bond acceptors (Lipinski definition) is 4. The number of fused-ring (bicyclic) bond motifs is 1. The average Bonchev–Trinajstić information content (AvgIpc) is 2.49. The molecule has 1 atom stereocenters. The zero-order valence-corrected chi connectivity index (χ0v) is 13.9. The lowest BCUT2D eigenvalue weighted by Gasteiger charge is -2.33. The number of H-pyrrole nitrogens is 2. The number of rotatable bonds is 3. The van der Waals surface area contributed by atoms with E-state index in [1.54, 1.807) is 6.07 Å². The van der Waals surface area contributed by atoms with Crippen LogP contribution in [0.25, 0.3) is 11.0 Å². The van der Waals surface area contributed by atoms with E-state index in [9.17, 15) is 19.5 Å². The normalized spacial score (nSPS) is 19.1. The number of likely N-dealkylation sites (tertiary alicyclic amines) is 1. The highest BCUT2D eigenvalue weighted by molar-refractivity contribution is 9.10. The molecule has 0 aliphatic carbocycles. The van der Waals surface area contributed by atoms with Crippen molar-refractivity contribution in [3.8, 4) is 0 Å². The molecule has 0 spiro atoms. The van der Waals surface area contributed by atoms with Crippen molar-refractivity contribution in [3.63, 3.8) is 0 Å². The Balaban J connectivity index is 2.05. The van der Waals surface area contributed by atoms with Gasteiger partial charge in [-0.25, -0.2) is 0 Å². The molecule has 1 unspecified atom stereocenters. The van der Waals surface area contributed by atoms with Crippen molar-refractivity contribution in [1.29, 1.82) is 0 Å². The summed E-state index contributed by atoms with van der Waals surface area (Å²) in [7, 11) is 0. The Bertz CT molecular complexity index is 873. The molecule has 1 aromatic carbocycles. The molecule has 8 heteroatoms. The van der Waals surface area contributed by atoms with Gasteiger partial charge in [0, 0.05) is 11.0 Å². The number of carboxylic acid groups (broad SMARTS) is 1. The average molecular weight is 382 g/mol. The standard InChI is InChI=1S/C15H16BrN3O4/c16-9-5-8(7-19-4-2-1-3-11(19)15(22)23)12-10(6-9)17-13(20)14(21)18-12/h5-6,11H,1-4,7H2,(H,17,20)(H,18,21)(H,22,23). The van der Waals surface area contributed by atoms with Crippen molar-refractivity contribution in [1.82, 2.24) is 14.9 Å². The fourth-order valence-electron chi connectivity index (χ4n) is 3.06. The maximum absolute atomic E-state index is 11.6. The van der Waals surface area contributed by atoms with Crippen molar-refractivity contribution in [3.05, 3.63) is 42.9 Å². The van der Waals surface area contributed by atoms with Crippen molar-refractivity contribution < 1.29 is 9.90 Å². The predicted octanol–water partition coefficient (Wildman–Crippen LogP) is 1.42. The summed E-state index contributed by atoms with van der Waals surface area (Å²) in [4.78, 5) is 41.6. The van der Waals surface area contributed by atoms with Gasteiger partial charge in [-0.3, -0.25) is 19.3 Å². The molecule has 122 valence electrons. The Morgan fingerprint density at radius 3 is 2.74 bits per heavy atom. The van der Waals surface area contributed by atoms with Crippen LogP contribution in [0.4, 0.5) is 0 Å². The van der Waals surface area contributed by atoms with Crippen molar-refractivity contribution in [2.75, 3.05) is 6.54 Å². The predicted molar refractivity (Wildman–Crippen MR) is 88.6 cm³/mol. The molecule has 1 saturated heterocycles. The number of halogens is 1. The second-order valence-electron chi connectivity index (χ2n) is 5.72. The molecule has 1 aliphatic rings. The van der Waals surface area contributed by atoms with E-state index in [0.29, 0.717) is 30.5 Å². The number of aliphatic carboxylic acids is 1. The molecule has 0 radical (unpaired) electrons. The first-order valence-corrected chi connectivity index (χ1v) is 8.16. The first kappa shape index (κ1) is 15.9. The Kier molecular flexibility index (Phi) is 4.36. The fraction of sp³-hybridized carbons (Fsp3) is 0.400. The molecule has 1 aromatic heterocycles. The molecule has 0 bridgehead atoms. The number of aromatic nitrogens is 2. The van der Waals surface area contributed by atoms with Gasteiger partial charge < -0.3 is 15.1 Å². The highest BCUT2D eigenvalue weighted by Crippen LogP contribution is 2.25. The van der Waals surface area contributed by atoms with Crippen LogP contribution in [0, 0.1) is 0 Å². The van der Waals surface area contributed by atoms with Gasteiger partial charge in [0.25, 0.3) is 0 Å². The third kappa shape index (κ3) is 3.23. The van der Waals surface area contributed by atoms with E-state index >= 15 is 0 Å². The van der Waals surface area contributed by atoms with Gasteiger partial charge in [-0.05, 0) is 37.1 Å². The first-order valence-electron chi connectivity index (χ1n) is 7.37. The molecule has 2 heterocycles. The van der Waals surface area contributed by atoms with Gasteiger partial charge in [-0.15, -0.1) is 0 Å². The number of piperidine rings is 1. The number of benzene rings is 1. The highest BCUT2D eigenvalue weighted by Gasteiger charge is 2.28. The van der Waals surface area contributed by atoms with Crippen LogP contribution in [-0.4, -0.2) is 38.5 Å². The van der Waals surface area contributed by atoms with E-state index in [2.05, 4.69) is 25.9 Å². The number of aromatic amines is 2. The molecule has 3 rings (SSSR count). The number of hydrogen-bond donors (Lipinski definition) is 3. The van der Waals surface area contributed by atoms with Crippen molar-refractivity contribution in [2.45, 2.75) is 31.8 Å². The number of carboxylic acids is 1. The van der Waals surface area contributed by atoms with Crippen LogP contribution in [0.5, 0.6) is 0 Å². The van der Waals surface area contributed by atoms with E-state index in [1.807, 2.05) is 11.0 Å². The van der Waals surface area contributed by atoms with Crippen LogP contribution in [0.2, 0.25) is 0 Å². The molecule has 3 N–H and O–H groups in total. The van der Waals surface area contributed by atoms with E-state index < -0.39 is 23.1 Å². The third-order valence-corrected chi connectivity index (χ3v) is 4.61. The smallest absolute Gasteiger partial charge is 0.320 e. The quantitative estimate of drug-likeness (QED) is 0.697. The first-order chi connectivity index (χ1) is 11.0. The van der Waals surface area contributed by atoms with Gasteiger partial charge in [0.2, 0.25) is 0 Å². The summed E-state index contributed by atoms with van der Waals surface area (Å²) in [5, 5.41) is 9.38. The Morgan fingerprint density at radius 1 is 1.26 bits per heavy atom. The monoisotopic (exact) mass is 381 g/mol. The Morgan fingerprint density at radius 2 is 2.00 bits per heavy atom. The summed E-state index contributed by atoms with van der Waals surface area (Å²) >= 11 is 3.39. The van der Waals surface area contributed by atoms with Gasteiger partial charge in [0.15, 0.2) is 0 Å². The molecule has 23 heavy (non-hydrogen) atoms. The number of nitrogens with zero attached hydrogens (tertiary/aromatic N) is 1. The van der Waals surface area contributed by atoms with Crippen LogP contribution >= 0.6 is 15.9 Å². The zero-order valence-electron chi connectivity index (χ0n) is 12.3. The minimum Gasteiger partial charge on any atom is -0.480 e. The SMILES string of the molecule is O=C(O)C1CCCCN1Cc1cc(Br)cc2[nH]c(=O)c(=O)[nH]c12. The summed E-state index contributed by atoms with van der Waals surface area (Å²) < 4.78 is 0.756. The Labute approximate surface area is 139 Å². The lowest BCUT2D eigenvalue weighted by molar-refractivity contribution is -0.144. The zero-order chi connectivity index (χ0) is 16.6. The fourth-order valence-corrected chi connectivity index (χ4v) is 3.57. The number of carbonyl (C=O) groups is 1. The van der Waals surface area contributed by atoms with Crippen LogP contribution in [0.15, 0.2) is 26.2 Å². The largest absolute Gasteiger partial charge is 0.480 e. The van der Waals surface area contributed by atoms with E-state index in [-0.39, 0.29) is 0 Å². The molecule has 2 aromatic rings. The van der Waals surface area contributed by atoms with Crippen LogP contribution in [0.3, 0.4) is 0 Å². The molecule has 1 aliphatic heterocycles. The second kappa shape index (κ2) is 6.29. The van der Waals surface area contributed by atoms with Crippen molar-refractivity contribution >= 4 is 32.9 Å². The summed E-state index contributed by atoms with van der Waals surface area (Å²) in [5.74, 6) is -0.828. The van der Waals surface area contributed by atoms with Gasteiger partial charge in [-0.1, -0.05) is 22.4 Å². The highest BCUT2D eigenvalue weighted by atomic mass is 79.9. The summed E-state index contributed by atoms with van der Waals surface area (Å²) in [6.07, 6.45) is 2.47. The van der Waals surface area contributed by atoms with Gasteiger partial charge >= 0.3 is 17.1 Å².